The number of nitrogens with zero attached hydrogens (tertiary/aromatic N) is 1. The van der Waals surface area contributed by atoms with Gasteiger partial charge in [-0.05, 0) is 30.5 Å². The summed E-state index contributed by atoms with van der Waals surface area (Å²) in [5.41, 5.74) is 1.24. The molecule has 1 saturated heterocycles. The Balaban J connectivity index is 1.67. The van der Waals surface area contributed by atoms with Crippen molar-refractivity contribution in [3.05, 3.63) is 35.4 Å². The molecule has 1 heterocycles. The minimum absolute atomic E-state index is 0.0671. The predicted octanol–water partition coefficient (Wildman–Crippen LogP) is 1.07. The lowest BCUT2D eigenvalue weighted by Crippen LogP contribution is -2.46. The first-order chi connectivity index (χ1) is 11.1. The van der Waals surface area contributed by atoms with E-state index in [0.29, 0.717) is 5.56 Å². The second-order valence-corrected chi connectivity index (χ2v) is 5.69. The number of hydrogen-bond donors (Lipinski definition) is 1. The topological polar surface area (TPSA) is 84.9 Å². The van der Waals surface area contributed by atoms with Gasteiger partial charge < -0.3 is 14.8 Å². The molecule has 0 unspecified atom stereocenters. The van der Waals surface area contributed by atoms with Crippen LogP contribution in [-0.4, -0.2) is 48.7 Å². The second kappa shape index (κ2) is 6.28. The number of amides is 2. The lowest BCUT2D eigenvalue weighted by Gasteiger charge is -2.20. The molecule has 1 aromatic rings. The summed E-state index contributed by atoms with van der Waals surface area (Å²) in [7, 11) is 1.32. The van der Waals surface area contributed by atoms with Crippen LogP contribution in [0.4, 0.5) is 4.79 Å². The number of ether oxygens (including phenoxy) is 2. The summed E-state index contributed by atoms with van der Waals surface area (Å²) in [5.74, 6) is -0.594. The van der Waals surface area contributed by atoms with E-state index in [-0.39, 0.29) is 25.1 Å². The van der Waals surface area contributed by atoms with Crippen molar-refractivity contribution in [2.24, 2.45) is 0 Å². The first-order valence-electron chi connectivity index (χ1n) is 7.49. The Morgan fingerprint density at radius 1 is 1.30 bits per heavy atom. The van der Waals surface area contributed by atoms with Gasteiger partial charge in [-0.15, -0.1) is 0 Å². The highest BCUT2D eigenvalue weighted by Gasteiger charge is 2.39. The molecule has 1 aliphatic heterocycles. The minimum atomic E-state index is -0.608. The average Bonchev–Trinajstić information content (AvgIpc) is 3.30. The van der Waals surface area contributed by atoms with Gasteiger partial charge in [0, 0.05) is 6.04 Å². The van der Waals surface area contributed by atoms with Crippen LogP contribution in [0.1, 0.15) is 28.8 Å². The largest absolute Gasteiger partial charge is 0.465 e. The molecule has 7 heteroatoms. The van der Waals surface area contributed by atoms with Crippen molar-refractivity contribution < 1.29 is 23.9 Å². The van der Waals surface area contributed by atoms with Crippen LogP contribution in [0.5, 0.6) is 0 Å². The first-order valence-corrected chi connectivity index (χ1v) is 7.49. The number of esters is 1. The fourth-order valence-electron chi connectivity index (χ4n) is 2.43. The van der Waals surface area contributed by atoms with Crippen LogP contribution < -0.4 is 5.32 Å². The number of methoxy groups -OCH3 is 1. The van der Waals surface area contributed by atoms with Crippen molar-refractivity contribution in [1.82, 2.24) is 10.2 Å². The highest BCUT2D eigenvalue weighted by molar-refractivity contribution is 5.89. The van der Waals surface area contributed by atoms with E-state index in [9.17, 15) is 14.4 Å². The van der Waals surface area contributed by atoms with Crippen LogP contribution in [0.25, 0.3) is 0 Å². The molecule has 3 rings (SSSR count). The molecule has 7 nitrogen and oxygen atoms in total. The molecular weight excluding hydrogens is 300 g/mol. The Labute approximate surface area is 133 Å². The van der Waals surface area contributed by atoms with Crippen molar-refractivity contribution in [2.75, 3.05) is 13.7 Å². The second-order valence-electron chi connectivity index (χ2n) is 5.69. The van der Waals surface area contributed by atoms with E-state index in [1.807, 2.05) is 0 Å². The summed E-state index contributed by atoms with van der Waals surface area (Å²) in [5, 5.41) is 2.89. The van der Waals surface area contributed by atoms with Gasteiger partial charge in [-0.25, -0.2) is 9.59 Å². The van der Waals surface area contributed by atoms with Gasteiger partial charge in [-0.2, -0.15) is 0 Å². The number of hydrogen-bond acceptors (Lipinski definition) is 5. The molecule has 1 saturated carbocycles. The van der Waals surface area contributed by atoms with Gasteiger partial charge in [0.1, 0.15) is 12.6 Å². The minimum Gasteiger partial charge on any atom is -0.465 e. The lowest BCUT2D eigenvalue weighted by molar-refractivity contribution is -0.125. The van der Waals surface area contributed by atoms with Crippen LogP contribution in [-0.2, 0) is 20.8 Å². The van der Waals surface area contributed by atoms with E-state index in [4.69, 9.17) is 4.74 Å². The van der Waals surface area contributed by atoms with E-state index in [2.05, 4.69) is 10.1 Å². The predicted molar refractivity (Wildman–Crippen MR) is 79.6 cm³/mol. The van der Waals surface area contributed by atoms with E-state index in [0.717, 1.165) is 18.4 Å². The average molecular weight is 318 g/mol. The van der Waals surface area contributed by atoms with Gasteiger partial charge >= 0.3 is 12.1 Å². The van der Waals surface area contributed by atoms with Crippen LogP contribution in [0.2, 0.25) is 0 Å². The zero-order chi connectivity index (χ0) is 16.4. The Bertz CT molecular complexity index is 624. The number of nitrogens with one attached hydrogen (secondary N) is 1. The van der Waals surface area contributed by atoms with Crippen LogP contribution in [0.3, 0.4) is 0 Å². The number of carbonyl (C=O) groups is 3. The molecule has 0 spiro atoms. The number of benzene rings is 1. The zero-order valence-electron chi connectivity index (χ0n) is 12.8. The monoisotopic (exact) mass is 318 g/mol. The summed E-state index contributed by atoms with van der Waals surface area (Å²) in [4.78, 5) is 36.9. The molecule has 2 amide bonds. The molecule has 0 aromatic heterocycles. The van der Waals surface area contributed by atoms with Gasteiger partial charge in [0.2, 0.25) is 5.91 Å². The highest BCUT2D eigenvalue weighted by Crippen LogP contribution is 2.22. The Morgan fingerprint density at radius 3 is 2.61 bits per heavy atom. The Morgan fingerprint density at radius 2 is 2.00 bits per heavy atom. The van der Waals surface area contributed by atoms with E-state index in [1.165, 1.54) is 12.0 Å². The normalized spacial score (nSPS) is 20.1. The van der Waals surface area contributed by atoms with Crippen molar-refractivity contribution in [1.29, 1.82) is 0 Å². The summed E-state index contributed by atoms with van der Waals surface area (Å²) in [6.07, 6.45) is 1.47. The van der Waals surface area contributed by atoms with Crippen molar-refractivity contribution in [3.8, 4) is 0 Å². The van der Waals surface area contributed by atoms with Crippen LogP contribution in [0.15, 0.2) is 24.3 Å². The number of cyclic esters (lactones) is 1. The fraction of sp³-hybridized carbons (Fsp3) is 0.438. The quantitative estimate of drug-likeness (QED) is 0.821. The highest BCUT2D eigenvalue weighted by atomic mass is 16.6. The molecule has 1 N–H and O–H groups in total. The molecule has 0 radical (unpaired) electrons. The summed E-state index contributed by atoms with van der Waals surface area (Å²) < 4.78 is 9.65. The molecule has 122 valence electrons. The molecule has 23 heavy (non-hydrogen) atoms. The van der Waals surface area contributed by atoms with Crippen LogP contribution >= 0.6 is 0 Å². The maximum atomic E-state index is 12.2. The van der Waals surface area contributed by atoms with E-state index < -0.39 is 18.1 Å². The third kappa shape index (κ3) is 3.44. The van der Waals surface area contributed by atoms with Crippen molar-refractivity contribution >= 4 is 18.0 Å². The van der Waals surface area contributed by atoms with Crippen molar-refractivity contribution in [3.63, 3.8) is 0 Å². The van der Waals surface area contributed by atoms with E-state index in [1.54, 1.807) is 24.3 Å². The Hall–Kier alpha value is -2.57. The van der Waals surface area contributed by atoms with E-state index >= 15 is 0 Å². The summed E-state index contributed by atoms with van der Waals surface area (Å²) in [6, 6.07) is 6.34. The first kappa shape index (κ1) is 15.3. The maximum Gasteiger partial charge on any atom is 0.410 e. The molecular formula is C16H18N2O5. The smallest absolute Gasteiger partial charge is 0.410 e. The third-order valence-corrected chi connectivity index (χ3v) is 3.93. The summed E-state index contributed by atoms with van der Waals surface area (Å²) >= 11 is 0. The SMILES string of the molecule is COC(=O)c1ccc(CN2C(=O)OC[C@H]2C(=O)NC2CC2)cc1. The molecule has 2 aliphatic rings. The number of carbonyl (C=O) groups excluding carboxylic acids is 3. The third-order valence-electron chi connectivity index (χ3n) is 3.93. The molecule has 2 fully saturated rings. The van der Waals surface area contributed by atoms with Gasteiger partial charge in [0.05, 0.1) is 19.2 Å². The summed E-state index contributed by atoms with van der Waals surface area (Å²) in [6.45, 7) is 0.320. The lowest BCUT2D eigenvalue weighted by atomic mass is 10.1. The molecule has 1 aliphatic carbocycles. The van der Waals surface area contributed by atoms with Gasteiger partial charge in [-0.3, -0.25) is 9.69 Å². The van der Waals surface area contributed by atoms with Gasteiger partial charge in [0.25, 0.3) is 0 Å². The molecule has 0 bridgehead atoms. The standard InChI is InChI=1S/C16H18N2O5/c1-22-15(20)11-4-2-10(3-5-11)8-18-13(9-23-16(18)21)14(19)17-12-6-7-12/h2-5,12-13H,6-9H2,1H3,(H,17,19)/t13-/m0/s1. The molecule has 1 atom stereocenters. The maximum absolute atomic E-state index is 12.2. The number of rotatable bonds is 5. The Kier molecular flexibility index (Phi) is 4.18. The fourth-order valence-corrected chi connectivity index (χ4v) is 2.43. The zero-order valence-corrected chi connectivity index (χ0v) is 12.8. The van der Waals surface area contributed by atoms with Crippen LogP contribution in [0, 0.1) is 0 Å². The van der Waals surface area contributed by atoms with Gasteiger partial charge in [0.15, 0.2) is 0 Å². The van der Waals surface area contributed by atoms with Crippen molar-refractivity contribution in [2.45, 2.75) is 31.5 Å². The van der Waals surface area contributed by atoms with Gasteiger partial charge in [-0.1, -0.05) is 12.1 Å². The molecule has 1 aromatic carbocycles.